The Hall–Kier alpha value is -1.61. The van der Waals surface area contributed by atoms with Crippen molar-refractivity contribution in [3.05, 3.63) is 41.7 Å². The molecule has 0 atom stereocenters. The van der Waals surface area contributed by atoms with Gasteiger partial charge in [0, 0.05) is 13.0 Å². The third kappa shape index (κ3) is 2.31. The molecule has 1 aromatic carbocycles. The van der Waals surface area contributed by atoms with E-state index in [1.165, 1.54) is 16.6 Å². The Balaban J connectivity index is 2.55. The fourth-order valence-corrected chi connectivity index (χ4v) is 2.21. The van der Waals surface area contributed by atoms with Crippen LogP contribution < -0.4 is 5.73 Å². The molecule has 0 amide bonds. The summed E-state index contributed by atoms with van der Waals surface area (Å²) in [6.45, 7) is 9.60. The van der Waals surface area contributed by atoms with E-state index in [2.05, 4.69) is 37.1 Å². The van der Waals surface area contributed by atoms with Crippen LogP contribution >= 0.6 is 0 Å². The molecule has 0 saturated carbocycles. The van der Waals surface area contributed by atoms with Gasteiger partial charge in [0.15, 0.2) is 0 Å². The lowest BCUT2D eigenvalue weighted by atomic mass is 10.1. The van der Waals surface area contributed by atoms with Crippen molar-refractivity contribution >= 4 is 11.0 Å². The normalized spacial score (nSPS) is 11.1. The number of allylic oxidation sites excluding steroid dienone is 1. The lowest BCUT2D eigenvalue weighted by Gasteiger charge is -2.06. The standard InChI is InChI=1S/C15H21N3/c1-4-8-18-14-10-12(3)11(2)9-13(14)17-15(18)6-5-7-16/h4,9-10H,1,5-8,16H2,2-3H3. The SMILES string of the molecule is C=CCn1c(CCCN)nc2cc(C)c(C)cc21. The molecule has 3 nitrogen and oxygen atoms in total. The fraction of sp³-hybridized carbons (Fsp3) is 0.400. The van der Waals surface area contributed by atoms with Crippen molar-refractivity contribution < 1.29 is 0 Å². The van der Waals surface area contributed by atoms with Gasteiger partial charge in [-0.2, -0.15) is 0 Å². The fourth-order valence-electron chi connectivity index (χ4n) is 2.21. The molecule has 0 spiro atoms. The summed E-state index contributed by atoms with van der Waals surface area (Å²) in [7, 11) is 0. The van der Waals surface area contributed by atoms with E-state index in [-0.39, 0.29) is 0 Å². The number of hydrogen-bond donors (Lipinski definition) is 1. The number of hydrogen-bond acceptors (Lipinski definition) is 2. The van der Waals surface area contributed by atoms with Crippen LogP contribution in [0, 0.1) is 13.8 Å². The third-order valence-corrected chi connectivity index (χ3v) is 3.36. The summed E-state index contributed by atoms with van der Waals surface area (Å²) < 4.78 is 2.24. The lowest BCUT2D eigenvalue weighted by Crippen LogP contribution is -2.06. The highest BCUT2D eigenvalue weighted by molar-refractivity contribution is 5.78. The molecule has 0 fully saturated rings. The van der Waals surface area contributed by atoms with Crippen LogP contribution in [0.5, 0.6) is 0 Å². The zero-order valence-electron chi connectivity index (χ0n) is 11.2. The second-order valence-corrected chi connectivity index (χ2v) is 4.74. The Morgan fingerprint density at radius 3 is 2.72 bits per heavy atom. The van der Waals surface area contributed by atoms with E-state index < -0.39 is 0 Å². The van der Waals surface area contributed by atoms with Gasteiger partial charge in [-0.3, -0.25) is 0 Å². The molecule has 0 unspecified atom stereocenters. The first-order valence-electron chi connectivity index (χ1n) is 6.44. The largest absolute Gasteiger partial charge is 0.330 e. The van der Waals surface area contributed by atoms with Gasteiger partial charge in [-0.05, 0) is 50.1 Å². The van der Waals surface area contributed by atoms with Crippen molar-refractivity contribution in [1.29, 1.82) is 0 Å². The average Bonchev–Trinajstić information content (AvgIpc) is 2.66. The maximum atomic E-state index is 5.59. The van der Waals surface area contributed by atoms with Crippen molar-refractivity contribution in [2.75, 3.05) is 6.54 Å². The van der Waals surface area contributed by atoms with Gasteiger partial charge in [0.1, 0.15) is 5.82 Å². The van der Waals surface area contributed by atoms with E-state index in [1.807, 2.05) is 6.08 Å². The molecule has 0 bridgehead atoms. The van der Waals surface area contributed by atoms with Crippen LogP contribution in [0.2, 0.25) is 0 Å². The summed E-state index contributed by atoms with van der Waals surface area (Å²) in [4.78, 5) is 4.73. The minimum atomic E-state index is 0.704. The first-order valence-corrected chi connectivity index (χ1v) is 6.44. The summed E-state index contributed by atoms with van der Waals surface area (Å²) in [5.74, 6) is 1.11. The molecular weight excluding hydrogens is 222 g/mol. The number of benzene rings is 1. The van der Waals surface area contributed by atoms with Crippen LogP contribution in [0.4, 0.5) is 0 Å². The zero-order valence-corrected chi connectivity index (χ0v) is 11.2. The van der Waals surface area contributed by atoms with Crippen molar-refractivity contribution in [2.24, 2.45) is 5.73 Å². The molecular formula is C15H21N3. The minimum absolute atomic E-state index is 0.704. The predicted molar refractivity (Wildman–Crippen MR) is 76.8 cm³/mol. The highest BCUT2D eigenvalue weighted by atomic mass is 15.1. The molecule has 1 aromatic heterocycles. The molecule has 3 heteroatoms. The Morgan fingerprint density at radius 2 is 2.06 bits per heavy atom. The molecule has 18 heavy (non-hydrogen) atoms. The van der Waals surface area contributed by atoms with Crippen LogP contribution in [0.15, 0.2) is 24.8 Å². The Labute approximate surface area is 108 Å². The van der Waals surface area contributed by atoms with Gasteiger partial charge >= 0.3 is 0 Å². The van der Waals surface area contributed by atoms with E-state index in [4.69, 9.17) is 10.7 Å². The number of nitrogens with zero attached hydrogens (tertiary/aromatic N) is 2. The van der Waals surface area contributed by atoms with Crippen molar-refractivity contribution in [2.45, 2.75) is 33.2 Å². The third-order valence-electron chi connectivity index (χ3n) is 3.36. The number of aromatic nitrogens is 2. The van der Waals surface area contributed by atoms with Crippen LogP contribution in [0.1, 0.15) is 23.4 Å². The quantitative estimate of drug-likeness (QED) is 0.821. The van der Waals surface area contributed by atoms with Gasteiger partial charge in [-0.15, -0.1) is 6.58 Å². The monoisotopic (exact) mass is 243 g/mol. The first-order chi connectivity index (χ1) is 8.67. The number of fused-ring (bicyclic) bond motifs is 1. The van der Waals surface area contributed by atoms with E-state index in [0.29, 0.717) is 6.54 Å². The van der Waals surface area contributed by atoms with Gasteiger partial charge < -0.3 is 10.3 Å². The Kier molecular flexibility index (Phi) is 3.82. The van der Waals surface area contributed by atoms with Crippen molar-refractivity contribution in [3.8, 4) is 0 Å². The maximum Gasteiger partial charge on any atom is 0.110 e. The molecule has 96 valence electrons. The Bertz CT molecular complexity index is 567. The molecule has 0 aliphatic carbocycles. The molecule has 0 saturated heterocycles. The van der Waals surface area contributed by atoms with Gasteiger partial charge in [0.2, 0.25) is 0 Å². The molecule has 0 aliphatic rings. The first kappa shape index (κ1) is 12.8. The maximum absolute atomic E-state index is 5.59. The highest BCUT2D eigenvalue weighted by Crippen LogP contribution is 2.21. The zero-order chi connectivity index (χ0) is 13.1. The number of nitrogens with two attached hydrogens (primary N) is 1. The summed E-state index contributed by atoms with van der Waals surface area (Å²) >= 11 is 0. The van der Waals surface area contributed by atoms with E-state index in [0.717, 1.165) is 30.7 Å². The predicted octanol–water partition coefficient (Wildman–Crippen LogP) is 2.73. The van der Waals surface area contributed by atoms with Crippen LogP contribution in [0.25, 0.3) is 11.0 Å². The molecule has 2 N–H and O–H groups in total. The van der Waals surface area contributed by atoms with Gasteiger partial charge in [0.25, 0.3) is 0 Å². The molecule has 2 aromatic rings. The van der Waals surface area contributed by atoms with E-state index >= 15 is 0 Å². The average molecular weight is 243 g/mol. The number of rotatable bonds is 5. The van der Waals surface area contributed by atoms with E-state index in [9.17, 15) is 0 Å². The van der Waals surface area contributed by atoms with Crippen LogP contribution in [-0.4, -0.2) is 16.1 Å². The molecule has 0 radical (unpaired) electrons. The van der Waals surface area contributed by atoms with E-state index in [1.54, 1.807) is 0 Å². The number of aryl methyl sites for hydroxylation is 3. The molecule has 2 rings (SSSR count). The second-order valence-electron chi connectivity index (χ2n) is 4.74. The Morgan fingerprint density at radius 1 is 1.33 bits per heavy atom. The number of imidazole rings is 1. The van der Waals surface area contributed by atoms with Gasteiger partial charge in [-0.1, -0.05) is 6.08 Å². The van der Waals surface area contributed by atoms with Gasteiger partial charge in [0.05, 0.1) is 11.0 Å². The van der Waals surface area contributed by atoms with Crippen LogP contribution in [0.3, 0.4) is 0 Å². The molecule has 0 aliphatic heterocycles. The summed E-state index contributed by atoms with van der Waals surface area (Å²) in [6.07, 6.45) is 3.82. The summed E-state index contributed by atoms with van der Waals surface area (Å²) in [5, 5.41) is 0. The minimum Gasteiger partial charge on any atom is -0.330 e. The molecule has 1 heterocycles. The highest BCUT2D eigenvalue weighted by Gasteiger charge is 2.10. The lowest BCUT2D eigenvalue weighted by molar-refractivity contribution is 0.712. The van der Waals surface area contributed by atoms with Crippen molar-refractivity contribution in [1.82, 2.24) is 9.55 Å². The van der Waals surface area contributed by atoms with Crippen molar-refractivity contribution in [3.63, 3.8) is 0 Å². The summed E-state index contributed by atoms with van der Waals surface area (Å²) in [6, 6.07) is 4.38. The second kappa shape index (κ2) is 5.36. The smallest absolute Gasteiger partial charge is 0.110 e. The van der Waals surface area contributed by atoms with Gasteiger partial charge in [-0.25, -0.2) is 4.98 Å². The summed E-state index contributed by atoms with van der Waals surface area (Å²) in [5.41, 5.74) is 10.5. The van der Waals surface area contributed by atoms with Crippen LogP contribution in [-0.2, 0) is 13.0 Å². The topological polar surface area (TPSA) is 43.8 Å².